The highest BCUT2D eigenvalue weighted by Gasteiger charge is 2.32. The summed E-state index contributed by atoms with van der Waals surface area (Å²) in [6.45, 7) is 3.50. The molecule has 1 saturated heterocycles. The molecule has 0 bridgehead atoms. The van der Waals surface area contributed by atoms with Crippen LogP contribution in [0.25, 0.3) is 0 Å². The van der Waals surface area contributed by atoms with E-state index in [0.29, 0.717) is 18.2 Å². The first-order valence-electron chi connectivity index (χ1n) is 7.60. The lowest BCUT2D eigenvalue weighted by Gasteiger charge is -2.20. The normalized spacial score (nSPS) is 18.2. The van der Waals surface area contributed by atoms with Gasteiger partial charge in [0.25, 0.3) is 0 Å². The SMILES string of the molecule is Cc1c(Cl)cccc1N1CN(C(=O)CNCC2CC2)CC1=O. The lowest BCUT2D eigenvalue weighted by molar-refractivity contribution is -0.130. The van der Waals surface area contributed by atoms with Crippen molar-refractivity contribution in [2.45, 2.75) is 19.8 Å². The van der Waals surface area contributed by atoms with E-state index in [1.54, 1.807) is 15.9 Å². The van der Waals surface area contributed by atoms with Crippen molar-refractivity contribution < 1.29 is 9.59 Å². The summed E-state index contributed by atoms with van der Waals surface area (Å²) in [6, 6.07) is 5.48. The van der Waals surface area contributed by atoms with E-state index in [0.717, 1.165) is 23.7 Å². The van der Waals surface area contributed by atoms with Crippen LogP contribution in [0, 0.1) is 12.8 Å². The Bertz CT molecular complexity index is 601. The molecule has 0 aromatic heterocycles. The fraction of sp³-hybridized carbons (Fsp3) is 0.500. The van der Waals surface area contributed by atoms with E-state index in [1.165, 1.54) is 12.8 Å². The number of carbonyl (C=O) groups is 2. The minimum atomic E-state index is -0.0686. The summed E-state index contributed by atoms with van der Waals surface area (Å²) in [4.78, 5) is 27.6. The number of carbonyl (C=O) groups excluding carboxylic acids is 2. The maximum atomic E-state index is 12.2. The van der Waals surface area contributed by atoms with Crippen LogP contribution >= 0.6 is 11.6 Å². The standard InChI is InChI=1S/C16H20ClN3O2/c1-11-13(17)3-2-4-14(11)20-10-19(9-16(20)22)15(21)8-18-7-12-5-6-12/h2-4,12,18H,5-10H2,1H3. The van der Waals surface area contributed by atoms with Gasteiger partial charge in [-0.2, -0.15) is 0 Å². The van der Waals surface area contributed by atoms with Crippen molar-refractivity contribution in [2.24, 2.45) is 5.92 Å². The van der Waals surface area contributed by atoms with Crippen molar-refractivity contribution in [1.29, 1.82) is 0 Å². The molecule has 6 heteroatoms. The minimum absolute atomic E-state index is 0.0313. The van der Waals surface area contributed by atoms with Crippen molar-refractivity contribution in [3.05, 3.63) is 28.8 Å². The van der Waals surface area contributed by atoms with Crippen LogP contribution in [0.2, 0.25) is 5.02 Å². The van der Waals surface area contributed by atoms with Gasteiger partial charge >= 0.3 is 0 Å². The molecule has 1 N–H and O–H groups in total. The molecule has 1 aromatic rings. The number of anilines is 1. The Morgan fingerprint density at radius 2 is 2.18 bits per heavy atom. The lowest BCUT2D eigenvalue weighted by atomic mass is 10.2. The van der Waals surface area contributed by atoms with Crippen molar-refractivity contribution in [1.82, 2.24) is 10.2 Å². The first-order chi connectivity index (χ1) is 10.6. The Balaban J connectivity index is 1.62. The van der Waals surface area contributed by atoms with E-state index < -0.39 is 0 Å². The quantitative estimate of drug-likeness (QED) is 0.899. The van der Waals surface area contributed by atoms with E-state index in [-0.39, 0.29) is 18.4 Å². The van der Waals surface area contributed by atoms with Gasteiger partial charge < -0.3 is 10.2 Å². The summed E-state index contributed by atoms with van der Waals surface area (Å²) in [5.74, 6) is 0.635. The van der Waals surface area contributed by atoms with Gasteiger partial charge in [-0.15, -0.1) is 0 Å². The van der Waals surface area contributed by atoms with Gasteiger partial charge in [0.2, 0.25) is 11.8 Å². The van der Waals surface area contributed by atoms with Gasteiger partial charge in [-0.1, -0.05) is 17.7 Å². The molecule has 1 aliphatic carbocycles. The van der Waals surface area contributed by atoms with Gasteiger partial charge in [-0.3, -0.25) is 14.5 Å². The summed E-state index contributed by atoms with van der Waals surface area (Å²) in [5.41, 5.74) is 1.64. The average molecular weight is 322 g/mol. The summed E-state index contributed by atoms with van der Waals surface area (Å²) >= 11 is 6.11. The highest BCUT2D eigenvalue weighted by molar-refractivity contribution is 6.31. The molecule has 2 aliphatic rings. The van der Waals surface area contributed by atoms with Crippen LogP contribution in [0.1, 0.15) is 18.4 Å². The van der Waals surface area contributed by atoms with Gasteiger partial charge in [-0.25, -0.2) is 0 Å². The maximum Gasteiger partial charge on any atom is 0.248 e. The van der Waals surface area contributed by atoms with Gasteiger partial charge in [0.1, 0.15) is 13.2 Å². The minimum Gasteiger partial charge on any atom is -0.314 e. The Kier molecular flexibility index (Phi) is 4.36. The van der Waals surface area contributed by atoms with Crippen LogP contribution in [0.3, 0.4) is 0 Å². The third kappa shape index (κ3) is 3.25. The zero-order valence-corrected chi connectivity index (χ0v) is 13.4. The second-order valence-corrected chi connectivity index (χ2v) is 6.42. The van der Waals surface area contributed by atoms with E-state index in [9.17, 15) is 9.59 Å². The molecule has 3 rings (SSSR count). The smallest absolute Gasteiger partial charge is 0.248 e. The largest absolute Gasteiger partial charge is 0.314 e. The van der Waals surface area contributed by atoms with Crippen LogP contribution in [-0.2, 0) is 9.59 Å². The second kappa shape index (κ2) is 6.26. The second-order valence-electron chi connectivity index (χ2n) is 6.01. The molecule has 0 unspecified atom stereocenters. The summed E-state index contributed by atoms with van der Waals surface area (Å²) in [7, 11) is 0. The van der Waals surface area contributed by atoms with E-state index in [1.807, 2.05) is 19.1 Å². The molecule has 1 heterocycles. The van der Waals surface area contributed by atoms with Crippen LogP contribution in [0.15, 0.2) is 18.2 Å². The first kappa shape index (κ1) is 15.3. The highest BCUT2D eigenvalue weighted by Crippen LogP contribution is 2.29. The third-order valence-corrected chi connectivity index (χ3v) is 4.64. The molecule has 2 amide bonds. The summed E-state index contributed by atoms with van der Waals surface area (Å²) in [6.07, 6.45) is 2.51. The Labute approximate surface area is 135 Å². The number of amides is 2. The number of nitrogens with zero attached hydrogens (tertiary/aromatic N) is 2. The van der Waals surface area contributed by atoms with Gasteiger partial charge in [0, 0.05) is 10.7 Å². The van der Waals surface area contributed by atoms with Gasteiger partial charge in [0.15, 0.2) is 0 Å². The van der Waals surface area contributed by atoms with Crippen molar-refractivity contribution >= 4 is 29.1 Å². The summed E-state index contributed by atoms with van der Waals surface area (Å²) in [5, 5.41) is 3.80. The Morgan fingerprint density at radius 1 is 1.41 bits per heavy atom. The van der Waals surface area contributed by atoms with Crippen LogP contribution < -0.4 is 10.2 Å². The molecule has 5 nitrogen and oxygen atoms in total. The lowest BCUT2D eigenvalue weighted by Crippen LogP contribution is -2.38. The molecule has 0 atom stereocenters. The van der Waals surface area contributed by atoms with Crippen molar-refractivity contribution in [3.8, 4) is 0 Å². The zero-order valence-electron chi connectivity index (χ0n) is 12.6. The van der Waals surface area contributed by atoms with E-state index >= 15 is 0 Å². The van der Waals surface area contributed by atoms with Gasteiger partial charge in [-0.05, 0) is 49.9 Å². The molecule has 2 fully saturated rings. The predicted octanol–water partition coefficient (Wildman–Crippen LogP) is 1.78. The van der Waals surface area contributed by atoms with Crippen LogP contribution in [0.4, 0.5) is 5.69 Å². The first-order valence-corrected chi connectivity index (χ1v) is 7.98. The molecule has 22 heavy (non-hydrogen) atoms. The predicted molar refractivity (Wildman–Crippen MR) is 85.8 cm³/mol. The van der Waals surface area contributed by atoms with Crippen LogP contribution in [0.5, 0.6) is 0 Å². The average Bonchev–Trinajstić information content (AvgIpc) is 3.23. The van der Waals surface area contributed by atoms with E-state index in [2.05, 4.69) is 5.32 Å². The number of rotatable bonds is 5. The molecular weight excluding hydrogens is 302 g/mol. The molecule has 1 aliphatic heterocycles. The molecular formula is C16H20ClN3O2. The maximum absolute atomic E-state index is 12.2. The summed E-state index contributed by atoms with van der Waals surface area (Å²) < 4.78 is 0. The van der Waals surface area contributed by atoms with Crippen molar-refractivity contribution in [3.63, 3.8) is 0 Å². The number of nitrogens with one attached hydrogen (secondary N) is 1. The third-order valence-electron chi connectivity index (χ3n) is 4.23. The number of hydrogen-bond donors (Lipinski definition) is 1. The van der Waals surface area contributed by atoms with Gasteiger partial charge in [0.05, 0.1) is 6.54 Å². The molecule has 0 spiro atoms. The number of hydrogen-bond acceptors (Lipinski definition) is 3. The highest BCUT2D eigenvalue weighted by atomic mass is 35.5. The Morgan fingerprint density at radius 3 is 2.91 bits per heavy atom. The number of benzene rings is 1. The topological polar surface area (TPSA) is 52.6 Å². The monoisotopic (exact) mass is 321 g/mol. The molecule has 1 saturated carbocycles. The van der Waals surface area contributed by atoms with Crippen LogP contribution in [-0.4, -0.2) is 43.0 Å². The molecule has 1 aromatic carbocycles. The van der Waals surface area contributed by atoms with E-state index in [4.69, 9.17) is 11.6 Å². The Hall–Kier alpha value is -1.59. The zero-order chi connectivity index (χ0) is 15.7. The molecule has 118 valence electrons. The number of halogens is 1. The fourth-order valence-corrected chi connectivity index (χ4v) is 2.80. The van der Waals surface area contributed by atoms with Crippen molar-refractivity contribution in [2.75, 3.05) is 31.2 Å². The molecule has 0 radical (unpaired) electrons. The fourth-order valence-electron chi connectivity index (χ4n) is 2.63.